The third-order valence-electron chi connectivity index (χ3n) is 3.97. The number of nitrogens with zero attached hydrogens (tertiary/aromatic N) is 1. The molecular formula is C17H24N2O4S2. The molecule has 1 saturated heterocycles. The Balaban J connectivity index is 1.93. The molecule has 0 saturated carbocycles. The van der Waals surface area contributed by atoms with Gasteiger partial charge in [-0.15, -0.1) is 11.8 Å². The SMILES string of the molecule is CCCN(C(=O)CSc1ccc(NC(C)=O)cc1)C1CCS(=O)(=O)C1. The maximum absolute atomic E-state index is 12.6. The summed E-state index contributed by atoms with van der Waals surface area (Å²) in [6, 6.07) is 7.10. The van der Waals surface area contributed by atoms with Crippen molar-refractivity contribution in [2.24, 2.45) is 0 Å². The second-order valence-electron chi connectivity index (χ2n) is 6.14. The first kappa shape index (κ1) is 19.8. The van der Waals surface area contributed by atoms with Crippen LogP contribution < -0.4 is 5.32 Å². The van der Waals surface area contributed by atoms with Gasteiger partial charge in [-0.2, -0.15) is 0 Å². The van der Waals surface area contributed by atoms with E-state index in [-0.39, 0.29) is 35.1 Å². The Kier molecular flexibility index (Phi) is 6.89. The Morgan fingerprint density at radius 3 is 2.48 bits per heavy atom. The fourth-order valence-electron chi connectivity index (χ4n) is 2.84. The highest BCUT2D eigenvalue weighted by molar-refractivity contribution is 8.00. The fraction of sp³-hybridized carbons (Fsp3) is 0.529. The zero-order valence-corrected chi connectivity index (χ0v) is 16.2. The zero-order valence-electron chi connectivity index (χ0n) is 14.5. The molecule has 2 rings (SSSR count). The number of thioether (sulfide) groups is 1. The Hall–Kier alpha value is -1.54. The average molecular weight is 385 g/mol. The van der Waals surface area contributed by atoms with Crippen LogP contribution in [0.4, 0.5) is 5.69 Å². The highest BCUT2D eigenvalue weighted by atomic mass is 32.2. The predicted octanol–water partition coefficient (Wildman–Crippen LogP) is 2.16. The van der Waals surface area contributed by atoms with Crippen molar-refractivity contribution in [3.63, 3.8) is 0 Å². The van der Waals surface area contributed by atoms with Crippen LogP contribution in [0.3, 0.4) is 0 Å². The fourth-order valence-corrected chi connectivity index (χ4v) is 5.35. The molecule has 1 aliphatic rings. The molecule has 6 nitrogen and oxygen atoms in total. The molecule has 1 N–H and O–H groups in total. The van der Waals surface area contributed by atoms with Crippen molar-refractivity contribution in [1.29, 1.82) is 0 Å². The number of benzene rings is 1. The van der Waals surface area contributed by atoms with E-state index in [2.05, 4.69) is 5.32 Å². The van der Waals surface area contributed by atoms with Gasteiger partial charge >= 0.3 is 0 Å². The molecule has 1 aromatic rings. The maximum Gasteiger partial charge on any atom is 0.233 e. The smallest absolute Gasteiger partial charge is 0.233 e. The zero-order chi connectivity index (χ0) is 18.4. The van der Waals surface area contributed by atoms with Gasteiger partial charge in [0.15, 0.2) is 9.84 Å². The Morgan fingerprint density at radius 2 is 1.96 bits per heavy atom. The maximum atomic E-state index is 12.6. The second kappa shape index (κ2) is 8.71. The second-order valence-corrected chi connectivity index (χ2v) is 9.42. The van der Waals surface area contributed by atoms with E-state index in [1.807, 2.05) is 19.1 Å². The summed E-state index contributed by atoms with van der Waals surface area (Å²) in [5, 5.41) is 2.70. The summed E-state index contributed by atoms with van der Waals surface area (Å²) < 4.78 is 23.4. The molecular weight excluding hydrogens is 360 g/mol. The van der Waals surface area contributed by atoms with Crippen molar-refractivity contribution >= 4 is 39.1 Å². The number of sulfone groups is 1. The normalized spacial score (nSPS) is 18.7. The number of rotatable bonds is 7. The average Bonchev–Trinajstić information content (AvgIpc) is 2.91. The van der Waals surface area contributed by atoms with Gasteiger partial charge in [0.2, 0.25) is 11.8 Å². The first-order valence-electron chi connectivity index (χ1n) is 8.31. The molecule has 2 amide bonds. The standard InChI is InChI=1S/C17H24N2O4S2/c1-3-9-19(15-8-10-25(22,23)12-15)17(21)11-24-16-6-4-14(5-7-16)18-13(2)20/h4-7,15H,3,8-12H2,1-2H3,(H,18,20). The van der Waals surface area contributed by atoms with Crippen LogP contribution in [0.5, 0.6) is 0 Å². The van der Waals surface area contributed by atoms with E-state index in [9.17, 15) is 18.0 Å². The molecule has 0 spiro atoms. The van der Waals surface area contributed by atoms with Crippen molar-refractivity contribution in [3.05, 3.63) is 24.3 Å². The summed E-state index contributed by atoms with van der Waals surface area (Å²) in [6.07, 6.45) is 1.34. The summed E-state index contributed by atoms with van der Waals surface area (Å²) in [7, 11) is -3.01. The lowest BCUT2D eigenvalue weighted by Gasteiger charge is -2.27. The minimum absolute atomic E-state index is 0.0279. The van der Waals surface area contributed by atoms with Crippen molar-refractivity contribution in [2.45, 2.75) is 37.6 Å². The van der Waals surface area contributed by atoms with Gasteiger partial charge in [-0.3, -0.25) is 9.59 Å². The molecule has 0 radical (unpaired) electrons. The molecule has 1 aromatic carbocycles. The lowest BCUT2D eigenvalue weighted by atomic mass is 10.2. The molecule has 1 atom stereocenters. The number of carbonyl (C=O) groups excluding carboxylic acids is 2. The van der Waals surface area contributed by atoms with E-state index in [0.29, 0.717) is 18.7 Å². The van der Waals surface area contributed by atoms with Crippen LogP contribution in [0, 0.1) is 0 Å². The molecule has 0 aliphatic carbocycles. The first-order chi connectivity index (χ1) is 11.8. The summed E-state index contributed by atoms with van der Waals surface area (Å²) in [4.78, 5) is 26.2. The molecule has 0 bridgehead atoms. The monoisotopic (exact) mass is 384 g/mol. The van der Waals surface area contributed by atoms with E-state index in [1.54, 1.807) is 17.0 Å². The minimum Gasteiger partial charge on any atom is -0.338 e. The molecule has 138 valence electrons. The summed E-state index contributed by atoms with van der Waals surface area (Å²) in [5.74, 6) is 0.366. The van der Waals surface area contributed by atoms with Crippen LogP contribution in [-0.4, -0.2) is 55.0 Å². The molecule has 1 unspecified atom stereocenters. The molecule has 0 aromatic heterocycles. The van der Waals surface area contributed by atoms with Gasteiger partial charge < -0.3 is 10.2 Å². The lowest BCUT2D eigenvalue weighted by molar-refractivity contribution is -0.130. The number of amides is 2. The quantitative estimate of drug-likeness (QED) is 0.729. The van der Waals surface area contributed by atoms with Gasteiger partial charge in [0.05, 0.1) is 17.3 Å². The van der Waals surface area contributed by atoms with Gasteiger partial charge in [-0.1, -0.05) is 6.92 Å². The Morgan fingerprint density at radius 1 is 1.28 bits per heavy atom. The topological polar surface area (TPSA) is 83.6 Å². The van der Waals surface area contributed by atoms with Crippen molar-refractivity contribution in [1.82, 2.24) is 4.90 Å². The van der Waals surface area contributed by atoms with Crippen LogP contribution in [-0.2, 0) is 19.4 Å². The van der Waals surface area contributed by atoms with E-state index >= 15 is 0 Å². The largest absolute Gasteiger partial charge is 0.338 e. The van der Waals surface area contributed by atoms with Gasteiger partial charge in [0.25, 0.3) is 0 Å². The third-order valence-corrected chi connectivity index (χ3v) is 6.72. The number of hydrogen-bond donors (Lipinski definition) is 1. The van der Waals surface area contributed by atoms with Crippen LogP contribution in [0.15, 0.2) is 29.2 Å². The van der Waals surface area contributed by atoms with Crippen LogP contribution in [0.1, 0.15) is 26.7 Å². The summed E-state index contributed by atoms with van der Waals surface area (Å²) in [5.41, 5.74) is 0.715. The van der Waals surface area contributed by atoms with Crippen LogP contribution in [0.25, 0.3) is 0 Å². The molecule has 25 heavy (non-hydrogen) atoms. The number of carbonyl (C=O) groups is 2. The van der Waals surface area contributed by atoms with Crippen LogP contribution >= 0.6 is 11.8 Å². The van der Waals surface area contributed by atoms with Gasteiger partial charge in [0, 0.05) is 30.1 Å². The van der Waals surface area contributed by atoms with Gasteiger partial charge in [-0.25, -0.2) is 8.42 Å². The van der Waals surface area contributed by atoms with Crippen molar-refractivity contribution < 1.29 is 18.0 Å². The van der Waals surface area contributed by atoms with E-state index in [0.717, 1.165) is 11.3 Å². The summed E-state index contributed by atoms with van der Waals surface area (Å²) >= 11 is 1.42. The van der Waals surface area contributed by atoms with Gasteiger partial charge in [-0.05, 0) is 37.1 Å². The first-order valence-corrected chi connectivity index (χ1v) is 11.1. The third kappa shape index (κ3) is 6.04. The van der Waals surface area contributed by atoms with Gasteiger partial charge in [0.1, 0.15) is 0 Å². The number of anilines is 1. The molecule has 8 heteroatoms. The molecule has 1 heterocycles. The predicted molar refractivity (Wildman–Crippen MR) is 101 cm³/mol. The van der Waals surface area contributed by atoms with E-state index in [4.69, 9.17) is 0 Å². The highest BCUT2D eigenvalue weighted by Gasteiger charge is 2.34. The van der Waals surface area contributed by atoms with Crippen LogP contribution in [0.2, 0.25) is 0 Å². The lowest BCUT2D eigenvalue weighted by Crippen LogP contribution is -2.42. The molecule has 1 fully saturated rings. The van der Waals surface area contributed by atoms with Crippen molar-refractivity contribution in [3.8, 4) is 0 Å². The van der Waals surface area contributed by atoms with Crippen molar-refractivity contribution in [2.75, 3.05) is 29.1 Å². The Bertz CT molecular complexity index is 717. The minimum atomic E-state index is -3.01. The summed E-state index contributed by atoms with van der Waals surface area (Å²) in [6.45, 7) is 4.02. The molecule has 1 aliphatic heterocycles. The van der Waals surface area contributed by atoms with E-state index < -0.39 is 9.84 Å². The number of hydrogen-bond acceptors (Lipinski definition) is 5. The van der Waals surface area contributed by atoms with E-state index in [1.165, 1.54) is 18.7 Å². The number of nitrogens with one attached hydrogen (secondary N) is 1. The Labute approximate surface area is 153 Å². The highest BCUT2D eigenvalue weighted by Crippen LogP contribution is 2.23.